The summed E-state index contributed by atoms with van der Waals surface area (Å²) in [6.45, 7) is 4.80. The first kappa shape index (κ1) is 21.5. The summed E-state index contributed by atoms with van der Waals surface area (Å²) in [5.41, 5.74) is 2.06. The highest BCUT2D eigenvalue weighted by Crippen LogP contribution is 2.29. The number of hydrogen-bond donors (Lipinski definition) is 2. The van der Waals surface area contributed by atoms with Crippen LogP contribution in [0.15, 0.2) is 48.5 Å². The molecule has 0 spiro atoms. The van der Waals surface area contributed by atoms with E-state index in [1.807, 2.05) is 31.2 Å². The van der Waals surface area contributed by atoms with E-state index in [1.165, 1.54) is 22.6 Å². The van der Waals surface area contributed by atoms with Crippen molar-refractivity contribution in [3.63, 3.8) is 0 Å². The van der Waals surface area contributed by atoms with Gasteiger partial charge in [0.25, 0.3) is 0 Å². The second-order valence-corrected chi connectivity index (χ2v) is 7.43. The molecule has 0 amide bonds. The molecule has 0 unspecified atom stereocenters. The first-order valence-electron chi connectivity index (χ1n) is 9.38. The van der Waals surface area contributed by atoms with Crippen LogP contribution in [0.2, 0.25) is 0 Å². The van der Waals surface area contributed by atoms with Gasteiger partial charge in [0.1, 0.15) is 11.4 Å². The Bertz CT molecular complexity index is 738. The average Bonchev–Trinajstić information content (AvgIpc) is 2.64. The Morgan fingerprint density at radius 1 is 1.07 bits per heavy atom. The number of likely N-dealkylation sites (tertiary alicyclic amines) is 1. The van der Waals surface area contributed by atoms with E-state index in [0.29, 0.717) is 12.0 Å². The van der Waals surface area contributed by atoms with Gasteiger partial charge in [-0.25, -0.2) is 4.39 Å². The van der Waals surface area contributed by atoms with Gasteiger partial charge in [-0.3, -0.25) is 4.79 Å². The van der Waals surface area contributed by atoms with E-state index in [0.717, 1.165) is 44.5 Å². The molecule has 1 saturated heterocycles. The minimum Gasteiger partial charge on any atom is -1.00 e. The molecule has 1 aliphatic heterocycles. The van der Waals surface area contributed by atoms with Crippen molar-refractivity contribution in [1.82, 2.24) is 0 Å². The van der Waals surface area contributed by atoms with E-state index in [4.69, 9.17) is 0 Å². The Morgan fingerprint density at radius 3 is 2.26 bits per heavy atom. The van der Waals surface area contributed by atoms with Crippen molar-refractivity contribution < 1.29 is 31.6 Å². The van der Waals surface area contributed by atoms with Crippen LogP contribution in [0.1, 0.15) is 47.2 Å². The number of rotatable bonds is 6. The van der Waals surface area contributed by atoms with Crippen LogP contribution in [0.25, 0.3) is 0 Å². The molecule has 27 heavy (non-hydrogen) atoms. The molecule has 0 saturated carbocycles. The fraction of sp³-hybridized carbons (Fsp3) is 0.409. The number of aryl methyl sites for hydroxylation is 1. The van der Waals surface area contributed by atoms with Crippen LogP contribution in [0.4, 0.5) is 4.39 Å². The van der Waals surface area contributed by atoms with Crippen molar-refractivity contribution in [2.45, 2.75) is 38.2 Å². The van der Waals surface area contributed by atoms with Crippen LogP contribution in [0.3, 0.4) is 0 Å². The number of ketones is 1. The number of Topliss-reactive ketones (excluding diaryl/α,β-unsaturated/α-hetero) is 1. The zero-order chi connectivity index (χ0) is 18.6. The number of halogens is 2. The quantitative estimate of drug-likeness (QED) is 0.662. The molecule has 146 valence electrons. The summed E-state index contributed by atoms with van der Waals surface area (Å²) in [6.07, 6.45) is 2.79. The van der Waals surface area contributed by atoms with Crippen molar-refractivity contribution >= 4 is 5.78 Å². The summed E-state index contributed by atoms with van der Waals surface area (Å²) in [7, 11) is 0. The van der Waals surface area contributed by atoms with Gasteiger partial charge in [-0.05, 0) is 36.8 Å². The smallest absolute Gasteiger partial charge is 0.163 e. The fourth-order valence-electron chi connectivity index (χ4n) is 3.70. The molecule has 0 bridgehead atoms. The highest BCUT2D eigenvalue weighted by atomic mass is 35.5. The summed E-state index contributed by atoms with van der Waals surface area (Å²) in [4.78, 5) is 13.6. The van der Waals surface area contributed by atoms with Crippen LogP contribution in [-0.4, -0.2) is 30.5 Å². The Hall–Kier alpha value is -1.75. The molecule has 3 rings (SSSR count). The third-order valence-corrected chi connectivity index (χ3v) is 5.47. The van der Waals surface area contributed by atoms with Crippen LogP contribution >= 0.6 is 0 Å². The number of hydrogen-bond acceptors (Lipinski definition) is 2. The van der Waals surface area contributed by atoms with Crippen molar-refractivity contribution in [2.75, 3.05) is 19.6 Å². The zero-order valence-corrected chi connectivity index (χ0v) is 16.4. The van der Waals surface area contributed by atoms with E-state index in [1.54, 1.807) is 12.1 Å². The van der Waals surface area contributed by atoms with Gasteiger partial charge < -0.3 is 22.4 Å². The molecule has 5 heteroatoms. The van der Waals surface area contributed by atoms with Gasteiger partial charge in [0, 0.05) is 31.2 Å². The fourth-order valence-corrected chi connectivity index (χ4v) is 3.70. The Kier molecular flexibility index (Phi) is 7.54. The first-order valence-corrected chi connectivity index (χ1v) is 9.38. The lowest BCUT2D eigenvalue weighted by molar-refractivity contribution is -0.908. The minimum absolute atomic E-state index is 0. The Morgan fingerprint density at radius 2 is 1.67 bits per heavy atom. The second-order valence-electron chi connectivity index (χ2n) is 7.43. The van der Waals surface area contributed by atoms with Crippen LogP contribution < -0.4 is 17.3 Å². The molecule has 0 atom stereocenters. The standard InChI is InChI=1S/C22H26FNO2.ClH/c1-17-4-8-19(9-5-17)22(26)12-15-24(16-13-22)14-2-3-21(25)18-6-10-20(23)11-7-18;/h4-11,26H,2-3,12-16H2,1H3;1H. The van der Waals surface area contributed by atoms with E-state index in [-0.39, 0.29) is 24.0 Å². The van der Waals surface area contributed by atoms with E-state index in [9.17, 15) is 14.3 Å². The number of carbonyl (C=O) groups is 1. The van der Waals surface area contributed by atoms with Gasteiger partial charge in [-0.2, -0.15) is 0 Å². The highest BCUT2D eigenvalue weighted by molar-refractivity contribution is 5.95. The van der Waals surface area contributed by atoms with Crippen LogP contribution in [0.5, 0.6) is 0 Å². The first-order chi connectivity index (χ1) is 12.5. The second kappa shape index (κ2) is 9.45. The monoisotopic (exact) mass is 391 g/mol. The predicted octanol–water partition coefficient (Wildman–Crippen LogP) is -0.332. The van der Waals surface area contributed by atoms with E-state index in [2.05, 4.69) is 0 Å². The summed E-state index contributed by atoms with van der Waals surface area (Å²) in [6, 6.07) is 13.9. The summed E-state index contributed by atoms with van der Waals surface area (Å²) < 4.78 is 12.9. The lowest BCUT2D eigenvalue weighted by atomic mass is 9.84. The lowest BCUT2D eigenvalue weighted by Crippen LogP contribution is -3.13. The van der Waals surface area contributed by atoms with Crippen molar-refractivity contribution in [2.24, 2.45) is 0 Å². The maximum absolute atomic E-state index is 12.9. The molecule has 3 nitrogen and oxygen atoms in total. The molecule has 2 aromatic carbocycles. The van der Waals surface area contributed by atoms with Gasteiger partial charge in [-0.15, -0.1) is 0 Å². The predicted molar refractivity (Wildman–Crippen MR) is 99.8 cm³/mol. The van der Waals surface area contributed by atoms with Gasteiger partial charge >= 0.3 is 0 Å². The molecule has 0 aromatic heterocycles. The van der Waals surface area contributed by atoms with E-state index >= 15 is 0 Å². The molecule has 2 N–H and O–H groups in total. The number of aliphatic hydroxyl groups is 1. The molecule has 1 heterocycles. The molecule has 1 fully saturated rings. The molecule has 0 radical (unpaired) electrons. The van der Waals surface area contributed by atoms with Crippen molar-refractivity contribution in [3.8, 4) is 0 Å². The Labute approximate surface area is 166 Å². The van der Waals surface area contributed by atoms with Crippen LogP contribution in [-0.2, 0) is 5.60 Å². The van der Waals surface area contributed by atoms with Gasteiger partial charge in [0.15, 0.2) is 5.78 Å². The topological polar surface area (TPSA) is 41.7 Å². The number of nitrogens with one attached hydrogen (secondary N) is 1. The largest absolute Gasteiger partial charge is 1.00 e. The average molecular weight is 392 g/mol. The zero-order valence-electron chi connectivity index (χ0n) is 15.7. The number of benzene rings is 2. The molecular formula is C22H27ClFNO2. The highest BCUT2D eigenvalue weighted by Gasteiger charge is 2.35. The summed E-state index contributed by atoms with van der Waals surface area (Å²) in [5.74, 6) is -0.252. The van der Waals surface area contributed by atoms with Gasteiger partial charge in [0.2, 0.25) is 0 Å². The lowest BCUT2D eigenvalue weighted by Gasteiger charge is -2.36. The van der Waals surface area contributed by atoms with Crippen molar-refractivity contribution in [3.05, 3.63) is 71.0 Å². The molecule has 0 aliphatic carbocycles. The van der Waals surface area contributed by atoms with Gasteiger partial charge in [0.05, 0.1) is 19.6 Å². The SMILES string of the molecule is Cc1ccc(C2(O)CC[NH+](CCCC(=O)c3ccc(F)cc3)CC2)cc1.[Cl-]. The summed E-state index contributed by atoms with van der Waals surface area (Å²) in [5, 5.41) is 10.9. The molecule has 1 aliphatic rings. The number of piperidine rings is 1. The third kappa shape index (κ3) is 5.61. The summed E-state index contributed by atoms with van der Waals surface area (Å²) >= 11 is 0. The minimum atomic E-state index is -0.721. The Balaban J connectivity index is 0.00000261. The number of quaternary nitrogens is 1. The molecular weight excluding hydrogens is 365 g/mol. The number of carbonyl (C=O) groups excluding carboxylic acids is 1. The van der Waals surface area contributed by atoms with Gasteiger partial charge in [-0.1, -0.05) is 29.8 Å². The maximum Gasteiger partial charge on any atom is 0.163 e. The van der Waals surface area contributed by atoms with Crippen LogP contribution in [0, 0.1) is 12.7 Å². The normalized spacial score (nSPS) is 22.1. The third-order valence-electron chi connectivity index (χ3n) is 5.47. The van der Waals surface area contributed by atoms with Crippen molar-refractivity contribution in [1.29, 1.82) is 0 Å². The maximum atomic E-state index is 12.9. The van der Waals surface area contributed by atoms with E-state index < -0.39 is 5.60 Å². The molecule has 2 aromatic rings.